The molecule has 0 aromatic carbocycles. The lowest BCUT2D eigenvalue weighted by Gasteiger charge is -2.21. The van der Waals surface area contributed by atoms with Crippen LogP contribution < -0.4 is 5.32 Å². The fourth-order valence-corrected chi connectivity index (χ4v) is 3.29. The van der Waals surface area contributed by atoms with E-state index < -0.39 is 16.1 Å². The lowest BCUT2D eigenvalue weighted by molar-refractivity contribution is -0.124. The number of nitrogens with one attached hydrogen (secondary N) is 1. The Morgan fingerprint density at radius 1 is 1.53 bits per heavy atom. The summed E-state index contributed by atoms with van der Waals surface area (Å²) < 4.78 is 25.9. The number of hydrogen-bond donors (Lipinski definition) is 1. The second kappa shape index (κ2) is 5.66. The van der Waals surface area contributed by atoms with Crippen molar-refractivity contribution >= 4 is 15.9 Å². The van der Waals surface area contributed by atoms with Crippen molar-refractivity contribution in [2.75, 3.05) is 19.3 Å². The molecular weight excluding hydrogens is 270 g/mol. The minimum atomic E-state index is -3.32. The van der Waals surface area contributed by atoms with Crippen molar-refractivity contribution in [1.82, 2.24) is 24.6 Å². The van der Waals surface area contributed by atoms with Crippen molar-refractivity contribution in [2.24, 2.45) is 0 Å². The molecule has 0 aliphatic carbocycles. The van der Waals surface area contributed by atoms with E-state index >= 15 is 0 Å². The molecule has 1 aromatic rings. The summed E-state index contributed by atoms with van der Waals surface area (Å²) in [4.78, 5) is 12.0. The number of carbonyl (C=O) groups excluding carboxylic acids is 1. The predicted octanol–water partition coefficient (Wildman–Crippen LogP) is -1.18. The first-order valence-electron chi connectivity index (χ1n) is 6.07. The van der Waals surface area contributed by atoms with Gasteiger partial charge in [-0.25, -0.2) is 8.42 Å². The predicted molar refractivity (Wildman–Crippen MR) is 67.6 cm³/mol. The molecule has 19 heavy (non-hydrogen) atoms. The molecule has 0 saturated carbocycles. The zero-order chi connectivity index (χ0) is 13.9. The Bertz CT molecular complexity index is 527. The molecular formula is C10H17N5O3S. The fourth-order valence-electron chi connectivity index (χ4n) is 2.16. The van der Waals surface area contributed by atoms with Crippen molar-refractivity contribution in [3.8, 4) is 0 Å². The second-order valence-corrected chi connectivity index (χ2v) is 6.42. The number of rotatable bonds is 5. The van der Waals surface area contributed by atoms with Gasteiger partial charge in [0.05, 0.1) is 19.0 Å². The van der Waals surface area contributed by atoms with Crippen molar-refractivity contribution < 1.29 is 13.2 Å². The molecule has 8 nitrogen and oxygen atoms in total. The van der Waals surface area contributed by atoms with Gasteiger partial charge in [-0.2, -0.15) is 4.31 Å². The first kappa shape index (κ1) is 13.9. The van der Waals surface area contributed by atoms with Crippen LogP contribution in [0.5, 0.6) is 0 Å². The van der Waals surface area contributed by atoms with E-state index in [-0.39, 0.29) is 5.91 Å². The van der Waals surface area contributed by atoms with Crippen LogP contribution in [0.1, 0.15) is 12.8 Å². The lowest BCUT2D eigenvalue weighted by Crippen LogP contribution is -2.46. The molecule has 9 heteroatoms. The Morgan fingerprint density at radius 2 is 2.32 bits per heavy atom. The quantitative estimate of drug-likeness (QED) is 0.735. The first-order valence-corrected chi connectivity index (χ1v) is 7.92. The molecule has 1 atom stereocenters. The number of nitrogens with zero attached hydrogens (tertiary/aromatic N) is 4. The first-order chi connectivity index (χ1) is 8.98. The number of aromatic nitrogens is 3. The van der Waals surface area contributed by atoms with Crippen molar-refractivity contribution in [2.45, 2.75) is 25.4 Å². The Hall–Kier alpha value is -1.48. The van der Waals surface area contributed by atoms with Gasteiger partial charge in [-0.15, -0.1) is 5.10 Å². The molecule has 1 amide bonds. The van der Waals surface area contributed by atoms with Crippen molar-refractivity contribution in [3.63, 3.8) is 0 Å². The summed E-state index contributed by atoms with van der Waals surface area (Å²) in [6.45, 7) is 1.33. The molecule has 0 bridgehead atoms. The molecule has 106 valence electrons. The zero-order valence-corrected chi connectivity index (χ0v) is 11.5. The highest BCUT2D eigenvalue weighted by Crippen LogP contribution is 2.20. The average Bonchev–Trinajstić information content (AvgIpc) is 2.98. The van der Waals surface area contributed by atoms with Crippen molar-refractivity contribution in [3.05, 3.63) is 12.4 Å². The lowest BCUT2D eigenvalue weighted by atomic mass is 10.2. The minimum absolute atomic E-state index is 0.247. The maximum atomic E-state index is 12.0. The van der Waals surface area contributed by atoms with Gasteiger partial charge in [0.25, 0.3) is 0 Å². The normalized spacial score (nSPS) is 20.6. The van der Waals surface area contributed by atoms with E-state index in [9.17, 15) is 13.2 Å². The molecule has 2 rings (SSSR count). The van der Waals surface area contributed by atoms with E-state index in [0.717, 1.165) is 6.26 Å². The molecule has 0 radical (unpaired) electrons. The highest BCUT2D eigenvalue weighted by molar-refractivity contribution is 7.88. The SMILES string of the molecule is CS(=O)(=O)N1CCC[C@H]1C(=O)NCCn1ccnn1. The molecule has 1 N–H and O–H groups in total. The van der Waals surface area contributed by atoms with Gasteiger partial charge in [-0.3, -0.25) is 9.48 Å². The maximum absolute atomic E-state index is 12.0. The van der Waals surface area contributed by atoms with Gasteiger partial charge in [0.2, 0.25) is 15.9 Å². The van der Waals surface area contributed by atoms with E-state index in [4.69, 9.17) is 0 Å². The van der Waals surface area contributed by atoms with Gasteiger partial charge in [0, 0.05) is 19.3 Å². The van der Waals surface area contributed by atoms with E-state index in [1.807, 2.05) is 0 Å². The summed E-state index contributed by atoms with van der Waals surface area (Å²) in [5, 5.41) is 10.2. The fraction of sp³-hybridized carbons (Fsp3) is 0.700. The van der Waals surface area contributed by atoms with Crippen molar-refractivity contribution in [1.29, 1.82) is 0 Å². The third-order valence-corrected chi connectivity index (χ3v) is 4.33. The monoisotopic (exact) mass is 287 g/mol. The zero-order valence-electron chi connectivity index (χ0n) is 10.7. The van der Waals surface area contributed by atoms with Gasteiger partial charge in [-0.1, -0.05) is 5.21 Å². The van der Waals surface area contributed by atoms with Gasteiger partial charge in [-0.05, 0) is 12.8 Å². The smallest absolute Gasteiger partial charge is 0.238 e. The molecule has 0 unspecified atom stereocenters. The minimum Gasteiger partial charge on any atom is -0.353 e. The Labute approximate surface area is 111 Å². The molecule has 1 saturated heterocycles. The Morgan fingerprint density at radius 3 is 2.95 bits per heavy atom. The van der Waals surface area contributed by atoms with Crippen LogP contribution in [0.15, 0.2) is 12.4 Å². The van der Waals surface area contributed by atoms with Gasteiger partial charge in [0.1, 0.15) is 6.04 Å². The Balaban J connectivity index is 1.85. The highest BCUT2D eigenvalue weighted by Gasteiger charge is 2.36. The van der Waals surface area contributed by atoms with Crippen LogP contribution in [-0.2, 0) is 21.4 Å². The molecule has 1 aromatic heterocycles. The highest BCUT2D eigenvalue weighted by atomic mass is 32.2. The second-order valence-electron chi connectivity index (χ2n) is 4.49. The van der Waals surface area contributed by atoms with Gasteiger partial charge in [0.15, 0.2) is 0 Å². The summed E-state index contributed by atoms with van der Waals surface area (Å²) in [6.07, 6.45) is 5.68. The standard InChI is InChI=1S/C10H17N5O3S/c1-19(17,18)15-6-2-3-9(15)10(16)11-4-7-14-8-5-12-13-14/h5,8-9H,2-4,6-7H2,1H3,(H,11,16)/t9-/m0/s1. The number of hydrogen-bond acceptors (Lipinski definition) is 5. The van der Waals surface area contributed by atoms with Crippen LogP contribution >= 0.6 is 0 Å². The van der Waals surface area contributed by atoms with E-state index in [1.54, 1.807) is 17.1 Å². The van der Waals surface area contributed by atoms with Crippen LogP contribution in [0.4, 0.5) is 0 Å². The summed E-state index contributed by atoms with van der Waals surface area (Å²) in [6, 6.07) is -0.578. The summed E-state index contributed by atoms with van der Waals surface area (Å²) in [5.74, 6) is -0.247. The maximum Gasteiger partial charge on any atom is 0.238 e. The largest absolute Gasteiger partial charge is 0.353 e. The molecule has 1 aliphatic rings. The van der Waals surface area contributed by atoms with Crippen LogP contribution in [0.3, 0.4) is 0 Å². The van der Waals surface area contributed by atoms with Gasteiger partial charge < -0.3 is 5.32 Å². The molecule has 1 fully saturated rings. The number of carbonyl (C=O) groups is 1. The molecule has 2 heterocycles. The summed E-state index contributed by atoms with van der Waals surface area (Å²) in [7, 11) is -3.32. The van der Waals surface area contributed by atoms with E-state index in [0.29, 0.717) is 32.5 Å². The number of amides is 1. The Kier molecular flexibility index (Phi) is 4.15. The topological polar surface area (TPSA) is 97.2 Å². The summed E-state index contributed by atoms with van der Waals surface area (Å²) >= 11 is 0. The van der Waals surface area contributed by atoms with Crippen LogP contribution in [-0.4, -0.2) is 59.0 Å². The molecule has 0 spiro atoms. The number of sulfonamides is 1. The van der Waals surface area contributed by atoms with Crippen LogP contribution in [0, 0.1) is 0 Å². The van der Waals surface area contributed by atoms with Gasteiger partial charge >= 0.3 is 0 Å². The van der Waals surface area contributed by atoms with Crippen LogP contribution in [0.25, 0.3) is 0 Å². The average molecular weight is 287 g/mol. The van der Waals surface area contributed by atoms with E-state index in [2.05, 4.69) is 15.6 Å². The molecule has 1 aliphatic heterocycles. The summed E-state index contributed by atoms with van der Waals surface area (Å²) in [5.41, 5.74) is 0. The third-order valence-electron chi connectivity index (χ3n) is 3.04. The van der Waals surface area contributed by atoms with Crippen LogP contribution in [0.2, 0.25) is 0 Å². The van der Waals surface area contributed by atoms with E-state index in [1.165, 1.54) is 4.31 Å². The third kappa shape index (κ3) is 3.51.